The zero-order valence-electron chi connectivity index (χ0n) is 19.0. The van der Waals surface area contributed by atoms with Gasteiger partial charge >= 0.3 is 6.09 Å². The lowest BCUT2D eigenvalue weighted by molar-refractivity contribution is 0.102. The third-order valence-corrected chi connectivity index (χ3v) is 6.43. The lowest BCUT2D eigenvalue weighted by Crippen LogP contribution is -2.28. The van der Waals surface area contributed by atoms with E-state index in [1.54, 1.807) is 22.8 Å². The third-order valence-electron chi connectivity index (χ3n) is 6.43. The van der Waals surface area contributed by atoms with Gasteiger partial charge in [0.1, 0.15) is 12.4 Å². The first-order chi connectivity index (χ1) is 15.0. The van der Waals surface area contributed by atoms with Crippen molar-refractivity contribution in [1.82, 2.24) is 19.7 Å². The van der Waals surface area contributed by atoms with Crippen molar-refractivity contribution >= 4 is 6.09 Å². The minimum Gasteiger partial charge on any atom is -0.489 e. The highest BCUT2D eigenvalue weighted by Gasteiger charge is 2.23. The summed E-state index contributed by atoms with van der Waals surface area (Å²) in [6, 6.07) is 3.97. The molecule has 0 N–H and O–H groups in total. The molecular weight excluding hydrogens is 392 g/mol. The maximum atomic E-state index is 12.4. The molecule has 0 atom stereocenters. The first-order valence-electron chi connectivity index (χ1n) is 11.5. The van der Waals surface area contributed by atoms with Crippen LogP contribution in [-0.2, 0) is 18.4 Å². The fourth-order valence-electron chi connectivity index (χ4n) is 4.15. The number of hydrogen-bond acceptors (Lipinski definition) is 5. The summed E-state index contributed by atoms with van der Waals surface area (Å²) in [6.07, 6.45) is 11.4. The van der Waals surface area contributed by atoms with Crippen molar-refractivity contribution in [3.63, 3.8) is 0 Å². The van der Waals surface area contributed by atoms with Crippen LogP contribution in [0.1, 0.15) is 62.8 Å². The SMILES string of the molecule is Cc1nc(-c2cnn(C)c2COC(=O)N(C)CCC2CC2)ccc1OC1CCCCC1. The predicted octanol–water partition coefficient (Wildman–Crippen LogP) is 4.87. The van der Waals surface area contributed by atoms with Gasteiger partial charge in [-0.25, -0.2) is 9.78 Å². The van der Waals surface area contributed by atoms with E-state index in [1.807, 2.05) is 26.1 Å². The summed E-state index contributed by atoms with van der Waals surface area (Å²) >= 11 is 0. The van der Waals surface area contributed by atoms with Gasteiger partial charge in [-0.2, -0.15) is 5.10 Å². The van der Waals surface area contributed by atoms with Crippen LogP contribution in [0.15, 0.2) is 18.3 Å². The number of aromatic nitrogens is 3. The molecule has 0 saturated heterocycles. The van der Waals surface area contributed by atoms with Crippen LogP contribution in [0, 0.1) is 12.8 Å². The van der Waals surface area contributed by atoms with E-state index in [1.165, 1.54) is 32.1 Å². The van der Waals surface area contributed by atoms with Gasteiger partial charge in [0, 0.05) is 26.2 Å². The van der Waals surface area contributed by atoms with E-state index in [2.05, 4.69) is 5.10 Å². The van der Waals surface area contributed by atoms with Crippen molar-refractivity contribution in [2.75, 3.05) is 13.6 Å². The molecule has 2 aliphatic rings. The van der Waals surface area contributed by atoms with Crippen molar-refractivity contribution in [2.45, 2.75) is 71.0 Å². The number of pyridine rings is 1. The van der Waals surface area contributed by atoms with Gasteiger partial charge in [0.05, 0.1) is 29.4 Å². The van der Waals surface area contributed by atoms with Crippen molar-refractivity contribution < 1.29 is 14.3 Å². The van der Waals surface area contributed by atoms with Crippen molar-refractivity contribution in [1.29, 1.82) is 0 Å². The fraction of sp³-hybridized carbons (Fsp3) is 0.625. The lowest BCUT2D eigenvalue weighted by Gasteiger charge is -2.23. The largest absolute Gasteiger partial charge is 0.489 e. The van der Waals surface area contributed by atoms with E-state index in [9.17, 15) is 4.79 Å². The minimum absolute atomic E-state index is 0.166. The van der Waals surface area contributed by atoms with Crippen LogP contribution in [0.3, 0.4) is 0 Å². The highest BCUT2D eigenvalue weighted by Crippen LogP contribution is 2.32. The Hall–Kier alpha value is -2.57. The number of amides is 1. The van der Waals surface area contributed by atoms with Crippen LogP contribution >= 0.6 is 0 Å². The van der Waals surface area contributed by atoms with Crippen LogP contribution < -0.4 is 4.74 Å². The molecule has 2 fully saturated rings. The molecule has 31 heavy (non-hydrogen) atoms. The molecule has 0 aromatic carbocycles. The van der Waals surface area contributed by atoms with Crippen LogP contribution in [0.2, 0.25) is 0 Å². The van der Waals surface area contributed by atoms with Gasteiger partial charge < -0.3 is 14.4 Å². The maximum Gasteiger partial charge on any atom is 0.409 e. The minimum atomic E-state index is -0.298. The molecule has 2 saturated carbocycles. The van der Waals surface area contributed by atoms with E-state index in [0.717, 1.165) is 60.1 Å². The Bertz CT molecular complexity index is 900. The van der Waals surface area contributed by atoms with Crippen LogP contribution in [0.25, 0.3) is 11.3 Å². The number of aryl methyl sites for hydroxylation is 2. The zero-order valence-corrected chi connectivity index (χ0v) is 19.0. The molecule has 2 aromatic heterocycles. The molecule has 0 aliphatic heterocycles. The highest BCUT2D eigenvalue weighted by molar-refractivity contribution is 5.68. The second-order valence-corrected chi connectivity index (χ2v) is 8.99. The molecule has 0 bridgehead atoms. The third kappa shape index (κ3) is 5.57. The first kappa shape index (κ1) is 21.7. The quantitative estimate of drug-likeness (QED) is 0.602. The Labute approximate surface area is 184 Å². The second-order valence-electron chi connectivity index (χ2n) is 8.99. The number of carbonyl (C=O) groups is 1. The average molecular weight is 427 g/mol. The number of rotatable bonds is 8. The van der Waals surface area contributed by atoms with E-state index in [0.29, 0.717) is 6.10 Å². The molecule has 168 valence electrons. The lowest BCUT2D eigenvalue weighted by atomic mass is 9.98. The summed E-state index contributed by atoms with van der Waals surface area (Å²) in [4.78, 5) is 18.8. The van der Waals surface area contributed by atoms with Crippen LogP contribution in [0.4, 0.5) is 4.79 Å². The van der Waals surface area contributed by atoms with Gasteiger partial charge in [0.2, 0.25) is 0 Å². The van der Waals surface area contributed by atoms with E-state index >= 15 is 0 Å². The topological polar surface area (TPSA) is 69.5 Å². The van der Waals surface area contributed by atoms with E-state index in [4.69, 9.17) is 14.5 Å². The van der Waals surface area contributed by atoms with Gasteiger partial charge in [0.15, 0.2) is 0 Å². The Morgan fingerprint density at radius 1 is 1.19 bits per heavy atom. The van der Waals surface area contributed by atoms with Gasteiger partial charge in [-0.3, -0.25) is 4.68 Å². The molecule has 7 heteroatoms. The molecule has 1 amide bonds. The zero-order chi connectivity index (χ0) is 21.8. The van der Waals surface area contributed by atoms with Gasteiger partial charge in [-0.15, -0.1) is 0 Å². The molecule has 2 aliphatic carbocycles. The second kappa shape index (κ2) is 9.71. The Balaban J connectivity index is 1.40. The van der Waals surface area contributed by atoms with E-state index in [-0.39, 0.29) is 12.7 Å². The smallest absolute Gasteiger partial charge is 0.409 e. The van der Waals surface area contributed by atoms with E-state index < -0.39 is 0 Å². The molecule has 0 unspecified atom stereocenters. The van der Waals surface area contributed by atoms with Crippen molar-refractivity contribution in [3.8, 4) is 17.0 Å². The normalized spacial score (nSPS) is 16.9. The average Bonchev–Trinajstić information content (AvgIpc) is 3.54. The standard InChI is InChI=1S/C24H34N4O3/c1-17-23(31-19-7-5-4-6-8-19)12-11-21(26-17)20-15-25-28(3)22(20)16-30-24(29)27(2)14-13-18-9-10-18/h11-12,15,18-19H,4-10,13-14,16H2,1-3H3. The summed E-state index contributed by atoms with van der Waals surface area (Å²) < 4.78 is 13.5. The molecule has 0 spiro atoms. The Kier molecular flexibility index (Phi) is 6.78. The summed E-state index contributed by atoms with van der Waals surface area (Å²) in [5.41, 5.74) is 3.39. The molecule has 2 heterocycles. The van der Waals surface area contributed by atoms with Gasteiger partial charge in [-0.05, 0) is 57.1 Å². The highest BCUT2D eigenvalue weighted by atomic mass is 16.6. The van der Waals surface area contributed by atoms with Gasteiger partial charge in [-0.1, -0.05) is 19.3 Å². The van der Waals surface area contributed by atoms with Crippen molar-refractivity contribution in [3.05, 3.63) is 29.7 Å². The van der Waals surface area contributed by atoms with Crippen LogP contribution in [-0.4, -0.2) is 45.5 Å². The molecular formula is C24H34N4O3. The summed E-state index contributed by atoms with van der Waals surface area (Å²) in [5.74, 6) is 1.64. The monoisotopic (exact) mass is 426 g/mol. The molecule has 0 radical (unpaired) electrons. The first-order valence-corrected chi connectivity index (χ1v) is 11.5. The fourth-order valence-corrected chi connectivity index (χ4v) is 4.15. The van der Waals surface area contributed by atoms with Gasteiger partial charge in [0.25, 0.3) is 0 Å². The maximum absolute atomic E-state index is 12.4. The Morgan fingerprint density at radius 2 is 1.97 bits per heavy atom. The number of hydrogen-bond donors (Lipinski definition) is 0. The number of carbonyl (C=O) groups excluding carboxylic acids is 1. The predicted molar refractivity (Wildman–Crippen MR) is 119 cm³/mol. The van der Waals surface area contributed by atoms with Crippen LogP contribution in [0.5, 0.6) is 5.75 Å². The van der Waals surface area contributed by atoms with Crippen molar-refractivity contribution in [2.24, 2.45) is 13.0 Å². The number of nitrogens with zero attached hydrogens (tertiary/aromatic N) is 4. The molecule has 7 nitrogen and oxygen atoms in total. The molecule has 2 aromatic rings. The summed E-state index contributed by atoms with van der Waals surface area (Å²) in [6.45, 7) is 2.89. The number of ether oxygens (including phenoxy) is 2. The summed E-state index contributed by atoms with van der Waals surface area (Å²) in [5, 5.41) is 4.37. The Morgan fingerprint density at radius 3 is 2.68 bits per heavy atom. The molecule has 4 rings (SSSR count). The summed E-state index contributed by atoms with van der Waals surface area (Å²) in [7, 11) is 3.65.